The average Bonchev–Trinajstić information content (AvgIpc) is 3.02. The van der Waals surface area contributed by atoms with Gasteiger partial charge in [0.05, 0.1) is 25.9 Å². The Balaban J connectivity index is 1.76. The highest BCUT2D eigenvalue weighted by molar-refractivity contribution is 5.68. The third-order valence-corrected chi connectivity index (χ3v) is 3.98. The van der Waals surface area contributed by atoms with Gasteiger partial charge >= 0.3 is 11.8 Å². The number of hydrogen-bond acceptors (Lipinski definition) is 6. The zero-order chi connectivity index (χ0) is 19.6. The lowest BCUT2D eigenvalue weighted by Gasteiger charge is -2.33. The number of methoxy groups -OCH3 is 1. The number of H-pyrrole nitrogens is 1. The Bertz CT molecular complexity index is 850. The van der Waals surface area contributed by atoms with Crippen molar-refractivity contribution in [2.24, 2.45) is 0 Å². The molecule has 1 aliphatic rings. The molecule has 2 aromatic rings. The predicted octanol–water partition coefficient (Wildman–Crippen LogP) is 1.88. The van der Waals surface area contributed by atoms with E-state index in [-0.39, 0.29) is 12.2 Å². The summed E-state index contributed by atoms with van der Waals surface area (Å²) in [5, 5.41) is 4.33. The van der Waals surface area contributed by atoms with Gasteiger partial charge in [-0.1, -0.05) is 0 Å². The highest BCUT2D eigenvalue weighted by Gasteiger charge is 2.31. The monoisotopic (exact) mass is 376 g/mol. The Morgan fingerprint density at radius 3 is 2.63 bits per heavy atom. The molecular weight excluding hydrogens is 352 g/mol. The van der Waals surface area contributed by atoms with E-state index in [0.717, 1.165) is 0 Å². The van der Waals surface area contributed by atoms with Crippen molar-refractivity contribution in [3.8, 4) is 11.4 Å². The van der Waals surface area contributed by atoms with Crippen LogP contribution in [-0.2, 0) is 9.47 Å². The van der Waals surface area contributed by atoms with Crippen LogP contribution in [0.4, 0.5) is 4.79 Å². The molecule has 27 heavy (non-hydrogen) atoms. The van der Waals surface area contributed by atoms with E-state index < -0.39 is 17.8 Å². The van der Waals surface area contributed by atoms with Crippen LogP contribution < -0.4 is 10.4 Å². The number of nitrogens with zero attached hydrogens (tertiary/aromatic N) is 3. The van der Waals surface area contributed by atoms with Crippen molar-refractivity contribution in [1.82, 2.24) is 19.7 Å². The molecule has 0 spiro atoms. The first-order chi connectivity index (χ1) is 12.8. The van der Waals surface area contributed by atoms with Gasteiger partial charge in [0, 0.05) is 6.54 Å². The van der Waals surface area contributed by atoms with Gasteiger partial charge in [0.2, 0.25) is 0 Å². The normalized spacial score (nSPS) is 17.6. The molecule has 9 heteroatoms. The molecule has 2 heterocycles. The number of carbonyl (C=O) groups is 1. The van der Waals surface area contributed by atoms with Crippen LogP contribution in [0.15, 0.2) is 29.1 Å². The van der Waals surface area contributed by atoms with Crippen LogP contribution in [0.5, 0.6) is 5.75 Å². The quantitative estimate of drug-likeness (QED) is 0.878. The van der Waals surface area contributed by atoms with Crippen molar-refractivity contribution in [1.29, 1.82) is 0 Å². The van der Waals surface area contributed by atoms with Gasteiger partial charge < -0.3 is 19.1 Å². The second-order valence-electron chi connectivity index (χ2n) is 7.21. The molecule has 1 aromatic heterocycles. The van der Waals surface area contributed by atoms with Gasteiger partial charge in [0.25, 0.3) is 0 Å². The molecule has 0 radical (unpaired) electrons. The number of hydrogen-bond donors (Lipinski definition) is 1. The van der Waals surface area contributed by atoms with E-state index in [2.05, 4.69) is 10.1 Å². The molecule has 1 atom stereocenters. The van der Waals surface area contributed by atoms with Crippen LogP contribution in [0, 0.1) is 0 Å². The Kier molecular flexibility index (Phi) is 5.22. The van der Waals surface area contributed by atoms with E-state index in [1.165, 1.54) is 4.68 Å². The first kappa shape index (κ1) is 19.0. The summed E-state index contributed by atoms with van der Waals surface area (Å²) in [5.41, 5.74) is -0.355. The van der Waals surface area contributed by atoms with Crippen molar-refractivity contribution in [2.75, 3.05) is 26.8 Å². The molecular formula is C18H24N4O5. The summed E-state index contributed by atoms with van der Waals surface area (Å²) >= 11 is 0. The van der Waals surface area contributed by atoms with Crippen LogP contribution in [0.3, 0.4) is 0 Å². The first-order valence-electron chi connectivity index (χ1n) is 8.70. The van der Waals surface area contributed by atoms with Gasteiger partial charge in [-0.15, -0.1) is 5.10 Å². The van der Waals surface area contributed by atoms with E-state index in [1.54, 1.807) is 36.3 Å². The average molecular weight is 376 g/mol. The second kappa shape index (κ2) is 7.43. The third-order valence-electron chi connectivity index (χ3n) is 3.98. The van der Waals surface area contributed by atoms with Crippen LogP contribution in [0.1, 0.15) is 32.7 Å². The molecule has 1 N–H and O–H groups in total. The number of morpholine rings is 1. The highest BCUT2D eigenvalue weighted by atomic mass is 16.6. The fourth-order valence-corrected chi connectivity index (χ4v) is 2.69. The van der Waals surface area contributed by atoms with E-state index in [9.17, 15) is 9.59 Å². The number of aromatic nitrogens is 3. The summed E-state index contributed by atoms with van der Waals surface area (Å²) in [6.07, 6.45) is -0.939. The molecule has 0 saturated carbocycles. The van der Waals surface area contributed by atoms with Crippen LogP contribution >= 0.6 is 0 Å². The van der Waals surface area contributed by atoms with E-state index in [4.69, 9.17) is 14.2 Å². The molecule has 0 bridgehead atoms. The molecule has 1 unspecified atom stereocenters. The van der Waals surface area contributed by atoms with Gasteiger partial charge in [-0.25, -0.2) is 9.59 Å². The maximum Gasteiger partial charge on any atom is 0.410 e. The lowest BCUT2D eigenvalue weighted by molar-refractivity contribution is -0.0462. The number of ether oxygens (including phenoxy) is 3. The predicted molar refractivity (Wildman–Crippen MR) is 97.2 cm³/mol. The minimum absolute atomic E-state index is 0.254. The van der Waals surface area contributed by atoms with E-state index in [0.29, 0.717) is 30.4 Å². The molecule has 1 aliphatic heterocycles. The lowest BCUT2D eigenvalue weighted by atomic mass is 10.2. The van der Waals surface area contributed by atoms with Gasteiger partial charge in [-0.3, -0.25) is 4.98 Å². The van der Waals surface area contributed by atoms with Crippen LogP contribution in [0.2, 0.25) is 0 Å². The van der Waals surface area contributed by atoms with Crippen molar-refractivity contribution >= 4 is 6.09 Å². The molecule has 146 valence electrons. The van der Waals surface area contributed by atoms with E-state index in [1.807, 2.05) is 20.8 Å². The topological polar surface area (TPSA) is 98.7 Å². The van der Waals surface area contributed by atoms with Gasteiger partial charge in [0.1, 0.15) is 17.5 Å². The lowest BCUT2D eigenvalue weighted by Crippen LogP contribution is -2.45. The zero-order valence-corrected chi connectivity index (χ0v) is 15.9. The summed E-state index contributed by atoms with van der Waals surface area (Å²) in [6.45, 7) is 6.46. The largest absolute Gasteiger partial charge is 0.497 e. The number of rotatable bonds is 3. The maximum absolute atomic E-state index is 12.3. The van der Waals surface area contributed by atoms with Crippen LogP contribution in [-0.4, -0.2) is 58.2 Å². The fourth-order valence-electron chi connectivity index (χ4n) is 2.69. The summed E-state index contributed by atoms with van der Waals surface area (Å²) < 4.78 is 17.5. The molecule has 3 rings (SSSR count). The Labute approximate surface area is 156 Å². The zero-order valence-electron chi connectivity index (χ0n) is 15.9. The summed E-state index contributed by atoms with van der Waals surface area (Å²) in [6, 6.07) is 6.97. The van der Waals surface area contributed by atoms with Crippen molar-refractivity contribution in [3.05, 3.63) is 40.6 Å². The number of aromatic amines is 1. The Morgan fingerprint density at radius 2 is 2.00 bits per heavy atom. The number of amides is 1. The van der Waals surface area contributed by atoms with Crippen LogP contribution in [0.25, 0.3) is 5.69 Å². The molecule has 1 saturated heterocycles. The van der Waals surface area contributed by atoms with Crippen molar-refractivity contribution < 1.29 is 19.0 Å². The van der Waals surface area contributed by atoms with Crippen molar-refractivity contribution in [2.45, 2.75) is 32.5 Å². The molecule has 1 aromatic carbocycles. The number of benzene rings is 1. The maximum atomic E-state index is 12.3. The smallest absolute Gasteiger partial charge is 0.410 e. The van der Waals surface area contributed by atoms with Gasteiger partial charge in [-0.2, -0.15) is 4.68 Å². The molecule has 0 aliphatic carbocycles. The minimum atomic E-state index is -0.574. The first-order valence-corrected chi connectivity index (χ1v) is 8.70. The number of nitrogens with one attached hydrogen (secondary N) is 1. The second-order valence-corrected chi connectivity index (χ2v) is 7.21. The molecule has 1 amide bonds. The SMILES string of the molecule is COc1ccc(-n2nc(C3CN(C(=O)OC(C)(C)C)CCO3)[nH]c2=O)cc1. The summed E-state index contributed by atoms with van der Waals surface area (Å²) in [7, 11) is 1.57. The third kappa shape index (κ3) is 4.48. The number of carbonyl (C=O) groups excluding carboxylic acids is 1. The Morgan fingerprint density at radius 1 is 1.30 bits per heavy atom. The molecule has 1 fully saturated rings. The molecule has 9 nitrogen and oxygen atoms in total. The van der Waals surface area contributed by atoms with Gasteiger partial charge in [0.15, 0.2) is 5.82 Å². The summed E-state index contributed by atoms with van der Waals surface area (Å²) in [5.74, 6) is 1.05. The standard InChI is InChI=1S/C18H24N4O5/c1-18(2,3)27-17(24)21-9-10-26-14(11-21)15-19-16(23)22(20-15)12-5-7-13(25-4)8-6-12/h5-8,14H,9-11H2,1-4H3,(H,19,20,23). The Hall–Kier alpha value is -2.81. The van der Waals surface area contributed by atoms with Crippen molar-refractivity contribution in [3.63, 3.8) is 0 Å². The summed E-state index contributed by atoms with van der Waals surface area (Å²) in [4.78, 5) is 28.8. The van der Waals surface area contributed by atoms with Gasteiger partial charge in [-0.05, 0) is 45.0 Å². The van der Waals surface area contributed by atoms with E-state index >= 15 is 0 Å². The minimum Gasteiger partial charge on any atom is -0.497 e. The highest BCUT2D eigenvalue weighted by Crippen LogP contribution is 2.21. The fraction of sp³-hybridized carbons (Fsp3) is 0.500.